The van der Waals surface area contributed by atoms with E-state index in [2.05, 4.69) is 73.8 Å². The summed E-state index contributed by atoms with van der Waals surface area (Å²) in [6.45, 7) is 9.48. The van der Waals surface area contributed by atoms with E-state index in [1.165, 1.54) is 11.1 Å². The molecule has 0 unspecified atom stereocenters. The van der Waals surface area contributed by atoms with E-state index >= 15 is 0 Å². The first-order valence-corrected chi connectivity index (χ1v) is 8.52. The molecule has 0 fully saturated rings. The second-order valence-electron chi connectivity index (χ2n) is 5.24. The van der Waals surface area contributed by atoms with E-state index in [-0.39, 0.29) is 0 Å². The van der Waals surface area contributed by atoms with Crippen LogP contribution in [-0.4, -0.2) is 16.5 Å². The number of hydrogen-bond donors (Lipinski definition) is 1. The quantitative estimate of drug-likeness (QED) is 0.743. The Morgan fingerprint density at radius 2 is 1.86 bits per heavy atom. The fourth-order valence-electron chi connectivity index (χ4n) is 2.10. The standard InChI is InChI=1S/C17H22IN3/c1-5-9-19-17-15(18)14(6-2)20-16(21-17)13-8-7-11(3)12(4)10-13/h7-8,10H,5-6,9H2,1-4H3,(H,19,20,21). The maximum absolute atomic E-state index is 4.74. The van der Waals surface area contributed by atoms with Crippen LogP contribution >= 0.6 is 22.6 Å². The van der Waals surface area contributed by atoms with Crippen molar-refractivity contribution in [2.45, 2.75) is 40.5 Å². The molecule has 21 heavy (non-hydrogen) atoms. The highest BCUT2D eigenvalue weighted by Crippen LogP contribution is 2.25. The minimum absolute atomic E-state index is 0.814. The van der Waals surface area contributed by atoms with Gasteiger partial charge in [0.1, 0.15) is 5.82 Å². The Kier molecular flexibility index (Phi) is 5.56. The largest absolute Gasteiger partial charge is 0.369 e. The van der Waals surface area contributed by atoms with Gasteiger partial charge >= 0.3 is 0 Å². The molecule has 1 N–H and O–H groups in total. The van der Waals surface area contributed by atoms with Gasteiger partial charge in [0.2, 0.25) is 0 Å². The van der Waals surface area contributed by atoms with Crippen molar-refractivity contribution >= 4 is 28.4 Å². The van der Waals surface area contributed by atoms with Gasteiger partial charge in [0.25, 0.3) is 0 Å². The minimum atomic E-state index is 0.814. The normalized spacial score (nSPS) is 10.7. The number of nitrogens with zero attached hydrogens (tertiary/aromatic N) is 2. The molecule has 4 heteroatoms. The summed E-state index contributed by atoms with van der Waals surface area (Å²) in [6, 6.07) is 6.41. The molecule has 0 radical (unpaired) electrons. The number of aromatic nitrogens is 2. The Balaban J connectivity index is 2.49. The highest BCUT2D eigenvalue weighted by molar-refractivity contribution is 14.1. The summed E-state index contributed by atoms with van der Waals surface area (Å²) in [5.74, 6) is 1.77. The molecule has 0 spiro atoms. The van der Waals surface area contributed by atoms with E-state index in [0.29, 0.717) is 0 Å². The van der Waals surface area contributed by atoms with Crippen molar-refractivity contribution in [1.82, 2.24) is 9.97 Å². The molecule has 1 heterocycles. The van der Waals surface area contributed by atoms with Crippen LogP contribution in [0.3, 0.4) is 0 Å². The molecule has 1 aromatic heterocycles. The molecule has 0 amide bonds. The summed E-state index contributed by atoms with van der Waals surface area (Å²) in [7, 11) is 0. The molecular formula is C17H22IN3. The lowest BCUT2D eigenvalue weighted by Crippen LogP contribution is -2.09. The Bertz CT molecular complexity index is 638. The van der Waals surface area contributed by atoms with Crippen LogP contribution in [0.4, 0.5) is 5.82 Å². The van der Waals surface area contributed by atoms with E-state index in [4.69, 9.17) is 9.97 Å². The van der Waals surface area contributed by atoms with Crippen LogP contribution < -0.4 is 5.32 Å². The van der Waals surface area contributed by atoms with E-state index in [0.717, 1.165) is 45.9 Å². The Morgan fingerprint density at radius 1 is 1.10 bits per heavy atom. The van der Waals surface area contributed by atoms with E-state index in [9.17, 15) is 0 Å². The van der Waals surface area contributed by atoms with Gasteiger partial charge in [-0.3, -0.25) is 0 Å². The van der Waals surface area contributed by atoms with Crippen LogP contribution in [0.1, 0.15) is 37.1 Å². The third-order valence-corrected chi connectivity index (χ3v) is 4.70. The number of aryl methyl sites for hydroxylation is 3. The van der Waals surface area contributed by atoms with E-state index < -0.39 is 0 Å². The first-order chi connectivity index (χ1) is 10.1. The predicted molar refractivity (Wildman–Crippen MR) is 97.8 cm³/mol. The second-order valence-corrected chi connectivity index (χ2v) is 6.31. The van der Waals surface area contributed by atoms with Crippen molar-refractivity contribution < 1.29 is 0 Å². The molecule has 2 aromatic rings. The van der Waals surface area contributed by atoms with Crippen molar-refractivity contribution in [3.8, 4) is 11.4 Å². The minimum Gasteiger partial charge on any atom is -0.369 e. The topological polar surface area (TPSA) is 37.8 Å². The van der Waals surface area contributed by atoms with Crippen molar-refractivity contribution in [3.05, 3.63) is 38.6 Å². The summed E-state index contributed by atoms with van der Waals surface area (Å²) >= 11 is 2.34. The predicted octanol–water partition coefficient (Wildman–Crippen LogP) is 4.75. The maximum Gasteiger partial charge on any atom is 0.161 e. The molecule has 2 rings (SSSR count). The molecule has 0 bridgehead atoms. The van der Waals surface area contributed by atoms with Crippen LogP contribution in [0.15, 0.2) is 18.2 Å². The lowest BCUT2D eigenvalue weighted by molar-refractivity contribution is 0.943. The average Bonchev–Trinajstić information content (AvgIpc) is 2.49. The molecule has 0 saturated carbocycles. The molecule has 0 saturated heterocycles. The molecule has 3 nitrogen and oxygen atoms in total. The first-order valence-electron chi connectivity index (χ1n) is 7.44. The van der Waals surface area contributed by atoms with Crippen molar-refractivity contribution in [1.29, 1.82) is 0 Å². The van der Waals surface area contributed by atoms with Gasteiger partial charge in [0, 0.05) is 12.1 Å². The molecule has 0 atom stereocenters. The summed E-state index contributed by atoms with van der Waals surface area (Å²) in [5, 5.41) is 3.41. The monoisotopic (exact) mass is 395 g/mol. The molecular weight excluding hydrogens is 373 g/mol. The fraction of sp³-hybridized carbons (Fsp3) is 0.412. The zero-order valence-electron chi connectivity index (χ0n) is 13.1. The summed E-state index contributed by atoms with van der Waals surface area (Å²) in [5.41, 5.74) is 4.77. The summed E-state index contributed by atoms with van der Waals surface area (Å²) in [4.78, 5) is 9.47. The summed E-state index contributed by atoms with van der Waals surface area (Å²) in [6.07, 6.45) is 2.00. The highest BCUT2D eigenvalue weighted by atomic mass is 127. The lowest BCUT2D eigenvalue weighted by Gasteiger charge is -2.12. The zero-order valence-corrected chi connectivity index (χ0v) is 15.3. The first kappa shape index (κ1) is 16.2. The van der Waals surface area contributed by atoms with Gasteiger partial charge < -0.3 is 5.32 Å². The smallest absolute Gasteiger partial charge is 0.161 e. The van der Waals surface area contributed by atoms with E-state index in [1.807, 2.05) is 0 Å². The van der Waals surface area contributed by atoms with Crippen LogP contribution in [0.25, 0.3) is 11.4 Å². The Morgan fingerprint density at radius 3 is 2.48 bits per heavy atom. The zero-order chi connectivity index (χ0) is 15.4. The second kappa shape index (κ2) is 7.20. The lowest BCUT2D eigenvalue weighted by atomic mass is 10.1. The van der Waals surface area contributed by atoms with Gasteiger partial charge in [-0.05, 0) is 66.5 Å². The van der Waals surface area contributed by atoms with Crippen molar-refractivity contribution in [2.24, 2.45) is 0 Å². The average molecular weight is 395 g/mol. The van der Waals surface area contributed by atoms with Gasteiger partial charge in [-0.1, -0.05) is 26.0 Å². The van der Waals surface area contributed by atoms with Gasteiger partial charge in [-0.25, -0.2) is 9.97 Å². The third kappa shape index (κ3) is 3.73. The highest BCUT2D eigenvalue weighted by Gasteiger charge is 2.12. The van der Waals surface area contributed by atoms with Crippen molar-refractivity contribution in [2.75, 3.05) is 11.9 Å². The van der Waals surface area contributed by atoms with E-state index in [1.54, 1.807) is 0 Å². The van der Waals surface area contributed by atoms with Crippen LogP contribution in [0, 0.1) is 17.4 Å². The van der Waals surface area contributed by atoms with Gasteiger partial charge in [0.05, 0.1) is 9.26 Å². The van der Waals surface area contributed by atoms with Gasteiger partial charge in [-0.15, -0.1) is 0 Å². The Hall–Kier alpha value is -1.17. The van der Waals surface area contributed by atoms with Crippen LogP contribution in [-0.2, 0) is 6.42 Å². The Labute approximate surface area is 140 Å². The van der Waals surface area contributed by atoms with Gasteiger partial charge in [-0.2, -0.15) is 0 Å². The number of halogens is 1. The SMILES string of the molecule is CCCNc1nc(-c2ccc(C)c(C)c2)nc(CC)c1I. The molecule has 1 aromatic carbocycles. The molecule has 112 valence electrons. The van der Waals surface area contributed by atoms with Crippen LogP contribution in [0.5, 0.6) is 0 Å². The van der Waals surface area contributed by atoms with Gasteiger partial charge in [0.15, 0.2) is 5.82 Å². The number of hydrogen-bond acceptors (Lipinski definition) is 3. The van der Waals surface area contributed by atoms with Crippen LogP contribution in [0.2, 0.25) is 0 Å². The third-order valence-electron chi connectivity index (χ3n) is 3.56. The number of anilines is 1. The number of rotatable bonds is 5. The summed E-state index contributed by atoms with van der Waals surface area (Å²) < 4.78 is 1.14. The fourth-order valence-corrected chi connectivity index (χ4v) is 2.91. The number of nitrogens with one attached hydrogen (secondary N) is 1. The number of benzene rings is 1. The maximum atomic E-state index is 4.74. The molecule has 0 aliphatic heterocycles. The molecule has 0 aliphatic carbocycles. The molecule has 0 aliphatic rings. The van der Waals surface area contributed by atoms with Crippen molar-refractivity contribution in [3.63, 3.8) is 0 Å².